The first-order valence-corrected chi connectivity index (χ1v) is 12.9. The molecule has 0 radical (unpaired) electrons. The van der Waals surface area contributed by atoms with Gasteiger partial charge in [0.2, 0.25) is 11.8 Å². The maximum Gasteiger partial charge on any atom is 0.254 e. The lowest BCUT2D eigenvalue weighted by atomic mass is 10.0. The van der Waals surface area contributed by atoms with E-state index in [9.17, 15) is 19.2 Å². The summed E-state index contributed by atoms with van der Waals surface area (Å²) in [6.45, 7) is 1.11. The van der Waals surface area contributed by atoms with Crippen LogP contribution in [0.25, 0.3) is 0 Å². The molecule has 2 atom stereocenters. The van der Waals surface area contributed by atoms with Crippen molar-refractivity contribution < 1.29 is 19.2 Å². The molecule has 2 aromatic carbocycles. The Morgan fingerprint density at radius 1 is 0.842 bits per heavy atom. The molecule has 2 aromatic rings. The summed E-state index contributed by atoms with van der Waals surface area (Å²) in [5, 5.41) is 5.59. The van der Waals surface area contributed by atoms with Gasteiger partial charge in [-0.1, -0.05) is 0 Å². The minimum atomic E-state index is -0.926. The van der Waals surface area contributed by atoms with Gasteiger partial charge in [0.1, 0.15) is 12.1 Å². The summed E-state index contributed by atoms with van der Waals surface area (Å²) in [4.78, 5) is 59.7. The van der Waals surface area contributed by atoms with Crippen molar-refractivity contribution in [2.75, 3.05) is 64.2 Å². The summed E-state index contributed by atoms with van der Waals surface area (Å²) < 4.78 is 0. The first kappa shape index (κ1) is 27.0. The molecule has 10 nitrogen and oxygen atoms in total. The Bertz CT molecular complexity index is 1180. The van der Waals surface area contributed by atoms with Crippen molar-refractivity contribution in [3.8, 4) is 0 Å². The van der Waals surface area contributed by atoms with E-state index in [-0.39, 0.29) is 30.8 Å². The SMILES string of the molecule is CN(C)c1ccc(C(=O)N2CCN(C(=O)c3ccc(N(C)C)cc3)[C@@H](C(=O)N[C@H]3CCCNC3=O)C2)cc1. The predicted molar refractivity (Wildman–Crippen MR) is 146 cm³/mol. The van der Waals surface area contributed by atoms with Crippen LogP contribution in [0.4, 0.5) is 11.4 Å². The van der Waals surface area contributed by atoms with Gasteiger partial charge in [-0.25, -0.2) is 0 Å². The number of amides is 4. The third-order valence-corrected chi connectivity index (χ3v) is 7.09. The van der Waals surface area contributed by atoms with Gasteiger partial charge in [0.25, 0.3) is 11.8 Å². The molecule has 2 aliphatic rings. The maximum absolute atomic E-state index is 13.5. The van der Waals surface area contributed by atoms with Crippen LogP contribution >= 0.6 is 0 Å². The monoisotopic (exact) mass is 520 g/mol. The molecule has 2 N–H and O–H groups in total. The fourth-order valence-electron chi connectivity index (χ4n) is 4.77. The highest BCUT2D eigenvalue weighted by molar-refractivity contribution is 6.00. The van der Waals surface area contributed by atoms with Crippen molar-refractivity contribution in [1.82, 2.24) is 20.4 Å². The molecule has 2 saturated heterocycles. The first-order chi connectivity index (χ1) is 18.2. The van der Waals surface area contributed by atoms with Gasteiger partial charge in [-0.3, -0.25) is 19.2 Å². The van der Waals surface area contributed by atoms with Gasteiger partial charge in [-0.2, -0.15) is 0 Å². The highest BCUT2D eigenvalue weighted by Crippen LogP contribution is 2.21. The highest BCUT2D eigenvalue weighted by atomic mass is 16.2. The number of piperazine rings is 1. The Kier molecular flexibility index (Phi) is 8.19. The number of hydrogen-bond acceptors (Lipinski definition) is 6. The van der Waals surface area contributed by atoms with Gasteiger partial charge >= 0.3 is 0 Å². The van der Waals surface area contributed by atoms with Gasteiger partial charge in [-0.05, 0) is 61.4 Å². The number of benzene rings is 2. The molecule has 0 spiro atoms. The third kappa shape index (κ3) is 5.90. The molecule has 0 saturated carbocycles. The summed E-state index contributed by atoms with van der Waals surface area (Å²) >= 11 is 0. The Balaban J connectivity index is 1.56. The molecule has 38 heavy (non-hydrogen) atoms. The van der Waals surface area contributed by atoms with Crippen molar-refractivity contribution in [2.24, 2.45) is 0 Å². The zero-order valence-electron chi connectivity index (χ0n) is 22.4. The van der Waals surface area contributed by atoms with E-state index in [0.29, 0.717) is 30.6 Å². The van der Waals surface area contributed by atoms with Gasteiger partial charge in [0.15, 0.2) is 0 Å². The van der Waals surface area contributed by atoms with Crippen molar-refractivity contribution in [3.63, 3.8) is 0 Å². The topological polar surface area (TPSA) is 105 Å². The van der Waals surface area contributed by atoms with Gasteiger partial charge in [0, 0.05) is 70.3 Å². The minimum Gasteiger partial charge on any atom is -0.378 e. The largest absolute Gasteiger partial charge is 0.378 e. The second-order valence-electron chi connectivity index (χ2n) is 10.1. The zero-order chi connectivity index (χ0) is 27.4. The third-order valence-electron chi connectivity index (χ3n) is 7.09. The van der Waals surface area contributed by atoms with Crippen LogP contribution < -0.4 is 20.4 Å². The van der Waals surface area contributed by atoms with Crippen LogP contribution in [0.5, 0.6) is 0 Å². The first-order valence-electron chi connectivity index (χ1n) is 12.9. The molecular formula is C28H36N6O4. The Hall–Kier alpha value is -4.08. The molecular weight excluding hydrogens is 484 g/mol. The minimum absolute atomic E-state index is 0.0377. The highest BCUT2D eigenvalue weighted by Gasteiger charge is 2.39. The number of carbonyl (C=O) groups excluding carboxylic acids is 4. The van der Waals surface area contributed by atoms with Crippen LogP contribution in [0, 0.1) is 0 Å². The molecule has 4 rings (SSSR count). The molecule has 2 fully saturated rings. The lowest BCUT2D eigenvalue weighted by molar-refractivity contribution is -0.133. The van der Waals surface area contributed by atoms with E-state index < -0.39 is 18.0 Å². The number of carbonyl (C=O) groups is 4. The quantitative estimate of drug-likeness (QED) is 0.593. The normalized spacial score (nSPS) is 19.4. The van der Waals surface area contributed by atoms with Gasteiger partial charge < -0.3 is 30.2 Å². The molecule has 202 valence electrons. The summed E-state index contributed by atoms with van der Waals surface area (Å²) in [6.07, 6.45) is 1.29. The molecule has 10 heteroatoms. The molecule has 2 aliphatic heterocycles. The smallest absolute Gasteiger partial charge is 0.254 e. The van der Waals surface area contributed by atoms with E-state index in [2.05, 4.69) is 10.6 Å². The van der Waals surface area contributed by atoms with E-state index in [4.69, 9.17) is 0 Å². The zero-order valence-corrected chi connectivity index (χ0v) is 22.4. The summed E-state index contributed by atoms with van der Waals surface area (Å²) in [5.41, 5.74) is 2.90. The van der Waals surface area contributed by atoms with E-state index >= 15 is 0 Å². The van der Waals surface area contributed by atoms with Crippen LogP contribution in [0.3, 0.4) is 0 Å². The second-order valence-corrected chi connectivity index (χ2v) is 10.1. The average Bonchev–Trinajstić information content (AvgIpc) is 2.93. The van der Waals surface area contributed by atoms with Gasteiger partial charge in [-0.15, -0.1) is 0 Å². The number of rotatable bonds is 6. The summed E-state index contributed by atoms with van der Waals surface area (Å²) in [6, 6.07) is 12.9. The van der Waals surface area contributed by atoms with E-state index in [1.165, 1.54) is 4.90 Å². The molecule has 0 bridgehead atoms. The Labute approximate surface area is 223 Å². The van der Waals surface area contributed by atoms with Gasteiger partial charge in [0.05, 0.1) is 6.54 Å². The van der Waals surface area contributed by atoms with Crippen LogP contribution in [-0.4, -0.2) is 99.9 Å². The van der Waals surface area contributed by atoms with E-state index in [1.54, 1.807) is 29.2 Å². The molecule has 0 unspecified atom stereocenters. The number of nitrogens with one attached hydrogen (secondary N) is 2. The number of hydrogen-bond donors (Lipinski definition) is 2. The van der Waals surface area contributed by atoms with Crippen molar-refractivity contribution >= 4 is 35.0 Å². The number of nitrogens with zero attached hydrogens (tertiary/aromatic N) is 4. The van der Waals surface area contributed by atoms with Crippen molar-refractivity contribution in [3.05, 3.63) is 59.7 Å². The summed E-state index contributed by atoms with van der Waals surface area (Å²) in [5.74, 6) is -1.16. The lowest BCUT2D eigenvalue weighted by Gasteiger charge is -2.41. The number of piperidine rings is 1. The van der Waals surface area contributed by atoms with Crippen LogP contribution in [0.15, 0.2) is 48.5 Å². The molecule has 2 heterocycles. The lowest BCUT2D eigenvalue weighted by Crippen LogP contribution is -2.63. The van der Waals surface area contributed by atoms with Crippen molar-refractivity contribution in [2.45, 2.75) is 24.9 Å². The average molecular weight is 521 g/mol. The standard InChI is InChI=1S/C28H36N6O4/c1-31(2)21-11-7-19(8-12-21)27(37)33-16-17-34(28(38)20-9-13-22(14-10-20)32(3)4)24(18-33)26(36)30-23-6-5-15-29-25(23)35/h7-14,23-24H,5-6,15-18H2,1-4H3,(H,29,35)(H,30,36)/t23-,24+/m0/s1. The second kappa shape index (κ2) is 11.5. The Morgan fingerprint density at radius 3 is 1.92 bits per heavy atom. The maximum atomic E-state index is 13.5. The predicted octanol–water partition coefficient (Wildman–Crippen LogP) is 1.18. The molecule has 4 amide bonds. The van der Waals surface area contributed by atoms with E-state index in [1.807, 2.05) is 62.3 Å². The van der Waals surface area contributed by atoms with E-state index in [0.717, 1.165) is 17.8 Å². The number of anilines is 2. The van der Waals surface area contributed by atoms with Crippen LogP contribution in [0.2, 0.25) is 0 Å². The van der Waals surface area contributed by atoms with Crippen LogP contribution in [-0.2, 0) is 9.59 Å². The van der Waals surface area contributed by atoms with Crippen molar-refractivity contribution in [1.29, 1.82) is 0 Å². The molecule has 0 aromatic heterocycles. The Morgan fingerprint density at radius 2 is 1.39 bits per heavy atom. The molecule has 0 aliphatic carbocycles. The summed E-state index contributed by atoms with van der Waals surface area (Å²) in [7, 11) is 7.69. The fraction of sp³-hybridized carbons (Fsp3) is 0.429. The fourth-order valence-corrected chi connectivity index (χ4v) is 4.77. The van der Waals surface area contributed by atoms with Crippen LogP contribution in [0.1, 0.15) is 33.6 Å².